The second-order valence-corrected chi connectivity index (χ2v) is 12.9. The number of aliphatic hydroxyl groups excluding tert-OH is 1. The number of anilines is 1. The molecule has 1 saturated heterocycles. The van der Waals surface area contributed by atoms with Crippen molar-refractivity contribution < 1.29 is 23.1 Å². The van der Waals surface area contributed by atoms with Crippen molar-refractivity contribution in [1.29, 1.82) is 0 Å². The lowest BCUT2D eigenvalue weighted by atomic mass is 10.0. The van der Waals surface area contributed by atoms with Gasteiger partial charge >= 0.3 is 5.97 Å². The zero-order valence-corrected chi connectivity index (χ0v) is 24.4. The molecular formula is C28H43N3O5S2. The van der Waals surface area contributed by atoms with Crippen molar-refractivity contribution in [3.05, 3.63) is 51.7 Å². The molecular weight excluding hydrogens is 522 g/mol. The van der Waals surface area contributed by atoms with Gasteiger partial charge in [0, 0.05) is 18.0 Å². The molecule has 1 unspecified atom stereocenters. The molecule has 0 saturated carbocycles. The highest BCUT2D eigenvalue weighted by Crippen LogP contribution is 2.24. The fourth-order valence-corrected chi connectivity index (χ4v) is 6.35. The lowest BCUT2D eigenvalue weighted by Gasteiger charge is -2.25. The van der Waals surface area contributed by atoms with E-state index in [0.717, 1.165) is 62.0 Å². The van der Waals surface area contributed by atoms with Crippen molar-refractivity contribution >= 4 is 33.0 Å². The average Bonchev–Trinajstić information content (AvgIpc) is 3.38. The maximum absolute atomic E-state index is 12.4. The van der Waals surface area contributed by atoms with Gasteiger partial charge in [-0.1, -0.05) is 44.7 Å². The highest BCUT2D eigenvalue weighted by Gasteiger charge is 2.18. The van der Waals surface area contributed by atoms with Crippen molar-refractivity contribution in [3.63, 3.8) is 0 Å². The van der Waals surface area contributed by atoms with Crippen molar-refractivity contribution in [2.45, 2.75) is 70.8 Å². The number of aryl methyl sites for hydroxylation is 1. The maximum Gasteiger partial charge on any atom is 0.348 e. The standard InChI is InChI=1S/C28H43N3O5S2/c1-3-4-6-11-26(32)23-12-14-24(15-13-23)31(38(2,34)35)29-18-9-10-25-16-17-27(37-25)28(33)36-22-21-30-19-7-5-8-20-30/h12-17,26,29,32H,3-11,18-22H2,1-2H3. The van der Waals surface area contributed by atoms with E-state index < -0.39 is 16.1 Å². The Balaban J connectivity index is 1.43. The van der Waals surface area contributed by atoms with Gasteiger partial charge < -0.3 is 9.84 Å². The van der Waals surface area contributed by atoms with Gasteiger partial charge in [-0.3, -0.25) is 4.90 Å². The normalized spacial score (nSPS) is 15.3. The van der Waals surface area contributed by atoms with Crippen LogP contribution in [0.4, 0.5) is 5.69 Å². The Hall–Kier alpha value is -1.98. The highest BCUT2D eigenvalue weighted by molar-refractivity contribution is 7.92. The lowest BCUT2D eigenvalue weighted by Crippen LogP contribution is -2.43. The summed E-state index contributed by atoms with van der Waals surface area (Å²) < 4.78 is 31.5. The second kappa shape index (κ2) is 15.6. The van der Waals surface area contributed by atoms with Crippen LogP contribution in [0.25, 0.3) is 0 Å². The van der Waals surface area contributed by atoms with Crippen LogP contribution in [0.2, 0.25) is 0 Å². The van der Waals surface area contributed by atoms with Gasteiger partial charge in [0.2, 0.25) is 10.0 Å². The van der Waals surface area contributed by atoms with Gasteiger partial charge in [0.1, 0.15) is 11.5 Å². The molecule has 1 fully saturated rings. The van der Waals surface area contributed by atoms with Crippen LogP contribution in [0.1, 0.15) is 84.5 Å². The molecule has 212 valence electrons. The van der Waals surface area contributed by atoms with Gasteiger partial charge in [-0.25, -0.2) is 23.1 Å². The van der Waals surface area contributed by atoms with Crippen molar-refractivity contribution in [3.8, 4) is 0 Å². The minimum atomic E-state index is -3.54. The first-order chi connectivity index (χ1) is 18.3. The van der Waals surface area contributed by atoms with Crippen LogP contribution >= 0.6 is 11.3 Å². The molecule has 1 aliphatic rings. The maximum atomic E-state index is 12.4. The fourth-order valence-electron chi connectivity index (χ4n) is 4.57. The van der Waals surface area contributed by atoms with Gasteiger partial charge in [-0.05, 0) is 75.0 Å². The number of carbonyl (C=O) groups excluding carboxylic acids is 1. The minimum absolute atomic E-state index is 0.279. The Morgan fingerprint density at radius 2 is 1.84 bits per heavy atom. The first kappa shape index (κ1) is 30.6. The number of sulfonamides is 1. The third-order valence-corrected chi connectivity index (χ3v) is 8.86. The van der Waals surface area contributed by atoms with E-state index in [1.54, 1.807) is 30.3 Å². The number of esters is 1. The van der Waals surface area contributed by atoms with Crippen LogP contribution in [0.3, 0.4) is 0 Å². The van der Waals surface area contributed by atoms with Gasteiger partial charge in [0.25, 0.3) is 0 Å². The number of nitrogens with one attached hydrogen (secondary N) is 1. The Labute approximate surface area is 232 Å². The van der Waals surface area contributed by atoms with E-state index in [1.807, 2.05) is 6.07 Å². The largest absolute Gasteiger partial charge is 0.460 e. The topological polar surface area (TPSA) is 99.2 Å². The summed E-state index contributed by atoms with van der Waals surface area (Å²) in [7, 11) is -3.54. The van der Waals surface area contributed by atoms with E-state index in [2.05, 4.69) is 17.2 Å². The van der Waals surface area contributed by atoms with E-state index in [-0.39, 0.29) is 5.97 Å². The molecule has 1 atom stereocenters. The predicted octanol–water partition coefficient (Wildman–Crippen LogP) is 4.91. The van der Waals surface area contributed by atoms with Crippen LogP contribution in [0, 0.1) is 0 Å². The van der Waals surface area contributed by atoms with E-state index in [1.165, 1.54) is 35.0 Å². The van der Waals surface area contributed by atoms with E-state index in [0.29, 0.717) is 36.6 Å². The van der Waals surface area contributed by atoms with Crippen LogP contribution in [-0.4, -0.2) is 63.4 Å². The second-order valence-electron chi connectivity index (χ2n) is 9.95. The number of nitrogens with zero attached hydrogens (tertiary/aromatic N) is 2. The summed E-state index contributed by atoms with van der Waals surface area (Å²) in [6.07, 6.45) is 9.59. The summed E-state index contributed by atoms with van der Waals surface area (Å²) in [6.45, 7) is 5.94. The van der Waals surface area contributed by atoms with Crippen LogP contribution < -0.4 is 9.84 Å². The number of carbonyl (C=O) groups is 1. The zero-order valence-electron chi connectivity index (χ0n) is 22.7. The first-order valence-corrected chi connectivity index (χ1v) is 16.4. The molecule has 2 N–H and O–H groups in total. The third kappa shape index (κ3) is 9.96. The number of benzene rings is 1. The Morgan fingerprint density at radius 1 is 1.11 bits per heavy atom. The number of ether oxygens (including phenoxy) is 1. The number of aliphatic hydroxyl groups is 1. The lowest BCUT2D eigenvalue weighted by molar-refractivity contribution is 0.0457. The Bertz CT molecular complexity index is 1080. The molecule has 1 aliphatic heterocycles. The molecule has 1 aromatic carbocycles. The van der Waals surface area contributed by atoms with E-state index in [4.69, 9.17) is 4.74 Å². The summed E-state index contributed by atoms with van der Waals surface area (Å²) in [6, 6.07) is 10.7. The molecule has 0 spiro atoms. The number of hydrazine groups is 1. The number of hydrogen-bond acceptors (Lipinski definition) is 8. The SMILES string of the molecule is CCCCCC(O)c1ccc(N(NCCCc2ccc(C(=O)OCCN3CCCCC3)s2)S(C)(=O)=O)cc1. The van der Waals surface area contributed by atoms with Crippen molar-refractivity contribution in [2.75, 3.05) is 43.5 Å². The highest BCUT2D eigenvalue weighted by atomic mass is 32.2. The summed E-state index contributed by atoms with van der Waals surface area (Å²) in [5.74, 6) is -0.279. The predicted molar refractivity (Wildman–Crippen MR) is 154 cm³/mol. The number of rotatable bonds is 16. The number of hydrogen-bond donors (Lipinski definition) is 2. The smallest absolute Gasteiger partial charge is 0.348 e. The average molecular weight is 566 g/mol. The van der Waals surface area contributed by atoms with Crippen LogP contribution in [0.15, 0.2) is 36.4 Å². The summed E-state index contributed by atoms with van der Waals surface area (Å²) in [5, 5.41) is 10.4. The number of likely N-dealkylation sites (tertiary alicyclic amines) is 1. The summed E-state index contributed by atoms with van der Waals surface area (Å²) in [5.41, 5.74) is 4.31. The molecule has 0 bridgehead atoms. The Kier molecular flexibility index (Phi) is 12.5. The molecule has 3 rings (SSSR count). The van der Waals surface area contributed by atoms with Gasteiger partial charge in [0.15, 0.2) is 0 Å². The van der Waals surface area contributed by atoms with E-state index >= 15 is 0 Å². The van der Waals surface area contributed by atoms with Crippen LogP contribution in [-0.2, 0) is 21.2 Å². The number of piperidine rings is 1. The molecule has 0 aliphatic carbocycles. The quantitative estimate of drug-likeness (QED) is 0.170. The summed E-state index contributed by atoms with van der Waals surface area (Å²) >= 11 is 1.43. The van der Waals surface area contributed by atoms with Gasteiger partial charge in [-0.15, -0.1) is 11.3 Å². The molecule has 38 heavy (non-hydrogen) atoms. The minimum Gasteiger partial charge on any atom is -0.460 e. The number of unbranched alkanes of at least 4 members (excludes halogenated alkanes) is 2. The number of thiophene rings is 1. The van der Waals surface area contributed by atoms with E-state index in [9.17, 15) is 18.3 Å². The van der Waals surface area contributed by atoms with Gasteiger partial charge in [0.05, 0.1) is 18.0 Å². The summed E-state index contributed by atoms with van der Waals surface area (Å²) in [4.78, 5) is 16.4. The molecule has 2 aromatic rings. The first-order valence-electron chi connectivity index (χ1n) is 13.8. The van der Waals surface area contributed by atoms with Crippen molar-refractivity contribution in [1.82, 2.24) is 10.3 Å². The molecule has 0 amide bonds. The Morgan fingerprint density at radius 3 is 2.53 bits per heavy atom. The molecule has 2 heterocycles. The third-order valence-electron chi connectivity index (χ3n) is 6.73. The molecule has 0 radical (unpaired) electrons. The van der Waals surface area contributed by atoms with Crippen LogP contribution in [0.5, 0.6) is 0 Å². The zero-order chi connectivity index (χ0) is 27.4. The van der Waals surface area contributed by atoms with Crippen molar-refractivity contribution in [2.24, 2.45) is 0 Å². The monoisotopic (exact) mass is 565 g/mol. The molecule has 1 aromatic heterocycles. The fraction of sp³-hybridized carbons (Fsp3) is 0.607. The molecule has 10 heteroatoms. The van der Waals surface area contributed by atoms with Gasteiger partial charge in [-0.2, -0.15) is 0 Å². The molecule has 8 nitrogen and oxygen atoms in total.